The van der Waals surface area contributed by atoms with Crippen LogP contribution in [0.1, 0.15) is 40.8 Å². The van der Waals surface area contributed by atoms with Crippen molar-refractivity contribution in [3.63, 3.8) is 0 Å². The van der Waals surface area contributed by atoms with Gasteiger partial charge in [-0.15, -0.1) is 0 Å². The number of amides is 1. The molecule has 0 unspecified atom stereocenters. The first-order valence-corrected chi connectivity index (χ1v) is 13.2. The number of aromatic nitrogens is 2. The van der Waals surface area contributed by atoms with Gasteiger partial charge < -0.3 is 44.8 Å². The molecule has 6 N–H and O–H groups in total. The second kappa shape index (κ2) is 12.0. The SMILES string of the molecule is CC(C)C(=O)OCOC(=O)Nc1cc(=O)nc2c3c(n([C@@H]4O[C@H](CO)[C@@H](OC(=O)[C@@H](N)C(C)C)[C@]4(C)O)cc13)N=CN2. The molecule has 16 nitrogen and oxygen atoms in total. The van der Waals surface area contributed by atoms with Gasteiger partial charge in [0, 0.05) is 17.6 Å². The summed E-state index contributed by atoms with van der Waals surface area (Å²) in [6.45, 7) is 6.84. The van der Waals surface area contributed by atoms with Crippen LogP contribution in [0.15, 0.2) is 22.1 Å². The highest BCUT2D eigenvalue weighted by Gasteiger charge is 2.56. The molecule has 2 aliphatic rings. The number of aliphatic hydroxyl groups is 2. The summed E-state index contributed by atoms with van der Waals surface area (Å²) in [5.74, 6) is -1.73. The van der Waals surface area contributed by atoms with Crippen molar-refractivity contribution in [1.82, 2.24) is 9.55 Å². The number of carbonyl (C=O) groups is 3. The average Bonchev–Trinajstić information content (AvgIpc) is 3.37. The van der Waals surface area contributed by atoms with Crippen LogP contribution >= 0.6 is 0 Å². The number of hydrogen-bond donors (Lipinski definition) is 5. The molecule has 1 saturated heterocycles. The second-order valence-electron chi connectivity index (χ2n) is 10.8. The van der Waals surface area contributed by atoms with Gasteiger partial charge >= 0.3 is 18.0 Å². The summed E-state index contributed by atoms with van der Waals surface area (Å²) in [7, 11) is 0. The van der Waals surface area contributed by atoms with E-state index in [0.29, 0.717) is 0 Å². The van der Waals surface area contributed by atoms with Crippen molar-refractivity contribution in [3.05, 3.63) is 22.6 Å². The molecular formula is C26H34N6O10. The lowest BCUT2D eigenvalue weighted by Gasteiger charge is -2.31. The van der Waals surface area contributed by atoms with Crippen LogP contribution < -0.4 is 21.9 Å². The fraction of sp³-hybridized carbons (Fsp3) is 0.538. The van der Waals surface area contributed by atoms with Crippen molar-refractivity contribution in [2.75, 3.05) is 24.0 Å². The zero-order chi connectivity index (χ0) is 30.9. The maximum absolute atomic E-state index is 12.7. The summed E-state index contributed by atoms with van der Waals surface area (Å²) in [6, 6.07) is 0.0820. The number of ether oxygens (including phenoxy) is 4. The molecular weight excluding hydrogens is 556 g/mol. The Bertz CT molecular complexity index is 1470. The van der Waals surface area contributed by atoms with Crippen LogP contribution in [0.2, 0.25) is 0 Å². The van der Waals surface area contributed by atoms with E-state index in [1.807, 2.05) is 0 Å². The van der Waals surface area contributed by atoms with Crippen molar-refractivity contribution in [2.24, 2.45) is 22.6 Å². The van der Waals surface area contributed by atoms with Crippen LogP contribution in [0, 0.1) is 11.8 Å². The van der Waals surface area contributed by atoms with E-state index in [0.717, 1.165) is 6.07 Å². The number of nitrogens with two attached hydrogens (primary N) is 1. The molecule has 16 heteroatoms. The van der Waals surface area contributed by atoms with E-state index < -0.39 is 73.0 Å². The minimum Gasteiger partial charge on any atom is -0.455 e. The number of nitrogens with zero attached hydrogens (tertiary/aromatic N) is 3. The maximum Gasteiger partial charge on any atom is 0.414 e. The summed E-state index contributed by atoms with van der Waals surface area (Å²) >= 11 is 0. The van der Waals surface area contributed by atoms with Crippen LogP contribution in [-0.4, -0.2) is 81.4 Å². The molecule has 0 aromatic carbocycles. The van der Waals surface area contributed by atoms with Gasteiger partial charge in [0.2, 0.25) is 6.79 Å². The van der Waals surface area contributed by atoms with Crippen LogP contribution in [0.3, 0.4) is 0 Å². The molecule has 0 bridgehead atoms. The molecule has 2 aliphatic heterocycles. The zero-order valence-electron chi connectivity index (χ0n) is 23.7. The lowest BCUT2D eigenvalue weighted by atomic mass is 9.95. The molecule has 0 saturated carbocycles. The van der Waals surface area contributed by atoms with Crippen molar-refractivity contribution in [1.29, 1.82) is 0 Å². The van der Waals surface area contributed by atoms with Crippen molar-refractivity contribution < 1.29 is 43.5 Å². The summed E-state index contributed by atoms with van der Waals surface area (Å²) in [5.41, 5.74) is 3.28. The van der Waals surface area contributed by atoms with Gasteiger partial charge in [-0.2, -0.15) is 4.98 Å². The Labute approximate surface area is 239 Å². The van der Waals surface area contributed by atoms with Crippen LogP contribution in [0.25, 0.3) is 10.8 Å². The van der Waals surface area contributed by atoms with Crippen LogP contribution in [0.5, 0.6) is 0 Å². The first-order valence-electron chi connectivity index (χ1n) is 13.2. The Balaban J connectivity index is 1.71. The van der Waals surface area contributed by atoms with Gasteiger partial charge in [-0.1, -0.05) is 27.7 Å². The number of hydrogen-bond acceptors (Lipinski definition) is 14. The van der Waals surface area contributed by atoms with E-state index in [9.17, 15) is 29.4 Å². The first kappa shape index (κ1) is 30.8. The van der Waals surface area contributed by atoms with Gasteiger partial charge in [-0.3, -0.25) is 19.7 Å². The zero-order valence-corrected chi connectivity index (χ0v) is 23.7. The summed E-state index contributed by atoms with van der Waals surface area (Å²) < 4.78 is 22.7. The molecule has 228 valence electrons. The van der Waals surface area contributed by atoms with Gasteiger partial charge in [0.15, 0.2) is 12.3 Å². The molecule has 1 fully saturated rings. The fourth-order valence-corrected chi connectivity index (χ4v) is 4.53. The van der Waals surface area contributed by atoms with Crippen molar-refractivity contribution >= 4 is 52.5 Å². The third-order valence-electron chi connectivity index (χ3n) is 6.89. The van der Waals surface area contributed by atoms with Crippen molar-refractivity contribution in [2.45, 2.75) is 64.7 Å². The molecule has 4 rings (SSSR count). The third-order valence-corrected chi connectivity index (χ3v) is 6.89. The molecule has 0 aliphatic carbocycles. The molecule has 42 heavy (non-hydrogen) atoms. The molecule has 4 heterocycles. The lowest BCUT2D eigenvalue weighted by molar-refractivity contribution is -0.166. The predicted molar refractivity (Wildman–Crippen MR) is 148 cm³/mol. The van der Waals surface area contributed by atoms with Crippen molar-refractivity contribution in [3.8, 4) is 0 Å². The highest BCUT2D eigenvalue weighted by molar-refractivity contribution is 6.12. The van der Waals surface area contributed by atoms with E-state index in [1.165, 1.54) is 24.0 Å². The predicted octanol–water partition coefficient (Wildman–Crippen LogP) is 0.723. The Morgan fingerprint density at radius 2 is 1.95 bits per heavy atom. The largest absolute Gasteiger partial charge is 0.455 e. The van der Waals surface area contributed by atoms with Gasteiger partial charge in [-0.05, 0) is 12.8 Å². The van der Waals surface area contributed by atoms with E-state index in [1.54, 1.807) is 27.7 Å². The average molecular weight is 591 g/mol. The van der Waals surface area contributed by atoms with Gasteiger partial charge in [0.1, 0.15) is 29.4 Å². The smallest absolute Gasteiger partial charge is 0.414 e. The van der Waals surface area contributed by atoms with Gasteiger partial charge in [0.05, 0.1) is 29.9 Å². The number of carbonyl (C=O) groups excluding carboxylic acids is 3. The summed E-state index contributed by atoms with van der Waals surface area (Å²) in [4.78, 5) is 57.7. The molecule has 0 radical (unpaired) electrons. The van der Waals surface area contributed by atoms with Crippen LogP contribution in [0.4, 0.5) is 22.1 Å². The standard InChI is InChI=1S/C26H34N6O10/c1-11(2)18(27)23(36)42-19-15(8-33)41-24(26(19,5)38)32-7-13-14(30-25(37)40-10-39-22(35)12(3)4)6-16(34)31-20-17(13)21(32)29-9-28-20/h6-7,9,11-12,15,18-19,24,33,38H,8,10,27H2,1-5H3,(H,30,37)(H,28,29,31,34)/t15-,18+,19-,24-,26+/m1/s1. The molecule has 0 spiro atoms. The Morgan fingerprint density at radius 3 is 2.60 bits per heavy atom. The first-order chi connectivity index (χ1) is 19.8. The monoisotopic (exact) mass is 590 g/mol. The molecule has 2 aromatic heterocycles. The number of aliphatic imine (C=N–C) groups is 1. The maximum atomic E-state index is 12.7. The molecule has 1 amide bonds. The van der Waals surface area contributed by atoms with E-state index in [-0.39, 0.29) is 34.0 Å². The second-order valence-corrected chi connectivity index (χ2v) is 10.8. The minimum absolute atomic E-state index is 0.0323. The Hall–Kier alpha value is -4.12. The van der Waals surface area contributed by atoms with Crippen LogP contribution in [-0.2, 0) is 28.5 Å². The van der Waals surface area contributed by atoms with E-state index in [4.69, 9.17) is 24.7 Å². The highest BCUT2D eigenvalue weighted by atomic mass is 16.7. The number of aliphatic hydroxyl groups excluding tert-OH is 1. The number of nitrogens with one attached hydrogen (secondary N) is 2. The number of anilines is 2. The molecule has 2 aromatic rings. The highest BCUT2D eigenvalue weighted by Crippen LogP contribution is 2.46. The Kier molecular flexibility index (Phi) is 8.81. The lowest BCUT2D eigenvalue weighted by Crippen LogP contribution is -2.50. The van der Waals surface area contributed by atoms with Gasteiger partial charge in [-0.25, -0.2) is 9.79 Å². The minimum atomic E-state index is -1.90. The molecule has 5 atom stereocenters. The fourth-order valence-electron chi connectivity index (χ4n) is 4.53. The number of esters is 2. The van der Waals surface area contributed by atoms with Gasteiger partial charge in [0.25, 0.3) is 5.56 Å². The third kappa shape index (κ3) is 5.92. The number of rotatable bonds is 9. The topological polar surface area (TPSA) is 226 Å². The van der Waals surface area contributed by atoms with E-state index in [2.05, 4.69) is 20.6 Å². The Morgan fingerprint density at radius 1 is 1.24 bits per heavy atom. The summed E-state index contributed by atoms with van der Waals surface area (Å²) in [6.07, 6.45) is -2.00. The summed E-state index contributed by atoms with van der Waals surface area (Å²) in [5, 5.41) is 27.4. The quantitative estimate of drug-likeness (QED) is 0.201. The van der Waals surface area contributed by atoms with E-state index >= 15 is 0 Å². The normalized spacial score (nSPS) is 23.5.